The molecule has 2 heterocycles. The van der Waals surface area contributed by atoms with Crippen LogP contribution in [0.15, 0.2) is 58.1 Å². The number of carbonyl (C=O) groups is 2. The van der Waals surface area contributed by atoms with Crippen molar-refractivity contribution in [2.45, 2.75) is 39.4 Å². The van der Waals surface area contributed by atoms with Gasteiger partial charge in [0.15, 0.2) is 0 Å². The van der Waals surface area contributed by atoms with Crippen molar-refractivity contribution in [3.05, 3.63) is 91.8 Å². The van der Waals surface area contributed by atoms with Crippen LogP contribution in [0.3, 0.4) is 0 Å². The maximum atomic E-state index is 13.5. The molecule has 206 valence electrons. The standard InChI is InChI=1S/C27H27F3N4O5/c1-3-39-25(37)19-5-4-14-32(16-19)23(35)22-24(36)33(15-18-8-10-20(11-9-18)27(28,29)30)26(38)34(31-22)21-12-6-17(2)7-13-21/h6-13,19H,3-5,14-16H2,1-2H3. The highest BCUT2D eigenvalue weighted by Crippen LogP contribution is 2.29. The number of aromatic nitrogens is 3. The number of alkyl halides is 3. The minimum Gasteiger partial charge on any atom is -0.466 e. The molecule has 39 heavy (non-hydrogen) atoms. The summed E-state index contributed by atoms with van der Waals surface area (Å²) in [6.07, 6.45) is -3.51. The largest absolute Gasteiger partial charge is 0.466 e. The number of nitrogens with zero attached hydrogens (tertiary/aromatic N) is 4. The summed E-state index contributed by atoms with van der Waals surface area (Å²) in [6, 6.07) is 10.7. The van der Waals surface area contributed by atoms with Gasteiger partial charge in [0.2, 0.25) is 5.69 Å². The number of amides is 1. The molecular weight excluding hydrogens is 517 g/mol. The Morgan fingerprint density at radius 2 is 1.72 bits per heavy atom. The van der Waals surface area contributed by atoms with Crippen LogP contribution in [0.1, 0.15) is 46.9 Å². The Kier molecular flexibility index (Phi) is 8.03. The van der Waals surface area contributed by atoms with Crippen molar-refractivity contribution in [3.8, 4) is 5.69 Å². The maximum Gasteiger partial charge on any atom is 0.416 e. The number of likely N-dealkylation sites (tertiary alicyclic amines) is 1. The van der Waals surface area contributed by atoms with Crippen LogP contribution in [0.2, 0.25) is 0 Å². The van der Waals surface area contributed by atoms with Crippen LogP contribution in [0.5, 0.6) is 0 Å². The Hall–Kier alpha value is -4.22. The zero-order valence-corrected chi connectivity index (χ0v) is 21.4. The summed E-state index contributed by atoms with van der Waals surface area (Å²) in [5.41, 5.74) is -1.80. The molecule has 0 spiro atoms. The van der Waals surface area contributed by atoms with Crippen LogP contribution in [0.25, 0.3) is 5.69 Å². The number of rotatable bonds is 6. The van der Waals surface area contributed by atoms with E-state index < -0.39 is 46.5 Å². The number of carbonyl (C=O) groups excluding carboxylic acids is 2. The van der Waals surface area contributed by atoms with Crippen molar-refractivity contribution in [2.75, 3.05) is 19.7 Å². The van der Waals surface area contributed by atoms with Crippen LogP contribution < -0.4 is 11.2 Å². The average molecular weight is 545 g/mol. The van der Waals surface area contributed by atoms with Crippen LogP contribution >= 0.6 is 0 Å². The highest BCUT2D eigenvalue weighted by Gasteiger charge is 2.33. The van der Waals surface area contributed by atoms with Crippen LogP contribution in [-0.2, 0) is 22.3 Å². The number of hydrogen-bond acceptors (Lipinski definition) is 6. The number of benzene rings is 2. The van der Waals surface area contributed by atoms with Gasteiger partial charge in [-0.05, 0) is 56.5 Å². The molecule has 12 heteroatoms. The highest BCUT2D eigenvalue weighted by molar-refractivity contribution is 5.92. The molecule has 0 bridgehead atoms. The summed E-state index contributed by atoms with van der Waals surface area (Å²) in [5.74, 6) is -1.75. The molecule has 1 aromatic heterocycles. The number of esters is 1. The molecule has 0 aliphatic carbocycles. The van der Waals surface area contributed by atoms with Crippen LogP contribution in [-0.4, -0.2) is 50.8 Å². The second-order valence-corrected chi connectivity index (χ2v) is 9.31. The first-order chi connectivity index (χ1) is 18.5. The van der Waals surface area contributed by atoms with Crippen molar-refractivity contribution in [2.24, 2.45) is 5.92 Å². The van der Waals surface area contributed by atoms with Crippen molar-refractivity contribution >= 4 is 11.9 Å². The highest BCUT2D eigenvalue weighted by atomic mass is 19.4. The molecule has 3 aromatic rings. The fourth-order valence-electron chi connectivity index (χ4n) is 4.39. The topological polar surface area (TPSA) is 104 Å². The number of hydrogen-bond donors (Lipinski definition) is 0. The smallest absolute Gasteiger partial charge is 0.416 e. The summed E-state index contributed by atoms with van der Waals surface area (Å²) >= 11 is 0. The zero-order chi connectivity index (χ0) is 28.3. The van der Waals surface area contributed by atoms with Crippen LogP contribution in [0, 0.1) is 12.8 Å². The summed E-state index contributed by atoms with van der Waals surface area (Å²) in [6.45, 7) is 3.65. The first-order valence-electron chi connectivity index (χ1n) is 12.4. The Bertz CT molecular complexity index is 1480. The lowest BCUT2D eigenvalue weighted by molar-refractivity contribution is -0.149. The van der Waals surface area contributed by atoms with E-state index in [1.807, 2.05) is 6.92 Å². The SMILES string of the molecule is CCOC(=O)C1CCCN(C(=O)c2nn(-c3ccc(C)cc3)c(=O)n(Cc3ccc(C(F)(F)F)cc3)c2=O)C1. The van der Waals surface area contributed by atoms with E-state index in [1.54, 1.807) is 31.2 Å². The van der Waals surface area contributed by atoms with E-state index in [0.717, 1.165) is 26.9 Å². The van der Waals surface area contributed by atoms with Crippen molar-refractivity contribution in [1.29, 1.82) is 0 Å². The van der Waals surface area contributed by atoms with E-state index in [0.29, 0.717) is 18.5 Å². The minimum absolute atomic E-state index is 0.0291. The molecule has 1 saturated heterocycles. The normalized spacial score (nSPS) is 15.7. The monoisotopic (exact) mass is 544 g/mol. The van der Waals surface area contributed by atoms with Gasteiger partial charge in [0.25, 0.3) is 11.5 Å². The molecule has 2 aromatic carbocycles. The third kappa shape index (κ3) is 6.10. The Balaban J connectivity index is 1.77. The molecule has 1 aliphatic heterocycles. The van der Waals surface area contributed by atoms with Gasteiger partial charge in [0.05, 0.1) is 30.3 Å². The maximum absolute atomic E-state index is 13.5. The number of aryl methyl sites for hydroxylation is 1. The van der Waals surface area contributed by atoms with Gasteiger partial charge >= 0.3 is 17.8 Å². The molecule has 1 amide bonds. The van der Waals surface area contributed by atoms with Gasteiger partial charge in [-0.3, -0.25) is 19.0 Å². The minimum atomic E-state index is -4.54. The number of ether oxygens (including phenoxy) is 1. The Morgan fingerprint density at radius 1 is 1.05 bits per heavy atom. The molecule has 1 fully saturated rings. The van der Waals surface area contributed by atoms with E-state index in [2.05, 4.69) is 5.10 Å². The van der Waals surface area contributed by atoms with E-state index in [1.165, 1.54) is 17.0 Å². The van der Waals surface area contributed by atoms with Gasteiger partial charge in [-0.2, -0.15) is 23.0 Å². The molecule has 0 radical (unpaired) electrons. The van der Waals surface area contributed by atoms with E-state index in [9.17, 15) is 32.3 Å². The predicted molar refractivity (Wildman–Crippen MR) is 135 cm³/mol. The lowest BCUT2D eigenvalue weighted by atomic mass is 9.98. The van der Waals surface area contributed by atoms with E-state index >= 15 is 0 Å². The van der Waals surface area contributed by atoms with Gasteiger partial charge < -0.3 is 9.64 Å². The molecule has 1 unspecified atom stereocenters. The summed E-state index contributed by atoms with van der Waals surface area (Å²) in [7, 11) is 0. The Labute approximate surface area is 221 Å². The summed E-state index contributed by atoms with van der Waals surface area (Å²) in [5, 5.41) is 4.12. The lowest BCUT2D eigenvalue weighted by Gasteiger charge is -2.31. The molecule has 4 rings (SSSR count). The molecule has 9 nitrogen and oxygen atoms in total. The fraction of sp³-hybridized carbons (Fsp3) is 0.370. The average Bonchev–Trinajstić information content (AvgIpc) is 2.91. The third-order valence-corrected chi connectivity index (χ3v) is 6.49. The number of halogens is 3. The van der Waals surface area contributed by atoms with Gasteiger partial charge in [-0.1, -0.05) is 29.8 Å². The lowest BCUT2D eigenvalue weighted by Crippen LogP contribution is -2.49. The molecule has 0 N–H and O–H groups in total. The Morgan fingerprint density at radius 3 is 2.33 bits per heavy atom. The molecule has 1 atom stereocenters. The predicted octanol–water partition coefficient (Wildman–Crippen LogP) is 3.19. The van der Waals surface area contributed by atoms with Crippen molar-refractivity contribution < 1.29 is 27.5 Å². The van der Waals surface area contributed by atoms with E-state index in [-0.39, 0.29) is 31.8 Å². The molecular formula is C27H27F3N4O5. The van der Waals surface area contributed by atoms with Crippen LogP contribution in [0.4, 0.5) is 13.2 Å². The zero-order valence-electron chi connectivity index (χ0n) is 21.4. The van der Waals surface area contributed by atoms with Gasteiger partial charge in [0, 0.05) is 13.1 Å². The number of piperidine rings is 1. The third-order valence-electron chi connectivity index (χ3n) is 6.49. The first-order valence-corrected chi connectivity index (χ1v) is 12.4. The van der Waals surface area contributed by atoms with Gasteiger partial charge in [-0.15, -0.1) is 0 Å². The quantitative estimate of drug-likeness (QED) is 0.442. The first kappa shape index (κ1) is 27.8. The fourth-order valence-corrected chi connectivity index (χ4v) is 4.39. The molecule has 1 aliphatic rings. The van der Waals surface area contributed by atoms with E-state index in [4.69, 9.17) is 4.74 Å². The van der Waals surface area contributed by atoms with Gasteiger partial charge in [0.1, 0.15) is 0 Å². The summed E-state index contributed by atoms with van der Waals surface area (Å²) in [4.78, 5) is 53.9. The molecule has 0 saturated carbocycles. The second kappa shape index (κ2) is 11.3. The second-order valence-electron chi connectivity index (χ2n) is 9.31. The van der Waals surface area contributed by atoms with Crippen molar-refractivity contribution in [3.63, 3.8) is 0 Å². The van der Waals surface area contributed by atoms with Gasteiger partial charge in [-0.25, -0.2) is 4.79 Å². The van der Waals surface area contributed by atoms with Crippen molar-refractivity contribution in [1.82, 2.24) is 19.2 Å². The summed E-state index contributed by atoms with van der Waals surface area (Å²) < 4.78 is 45.8.